The largest absolute Gasteiger partial charge is 0.411 e. The zero-order valence-corrected chi connectivity index (χ0v) is 17.0. The van der Waals surface area contributed by atoms with Crippen LogP contribution in [0.4, 0.5) is 0 Å². The number of allylic oxidation sites excluding steroid dienone is 2. The smallest absolute Gasteiger partial charge is 0.0954 e. The van der Waals surface area contributed by atoms with E-state index in [4.69, 9.17) is 4.74 Å². The van der Waals surface area contributed by atoms with Gasteiger partial charge in [0.25, 0.3) is 0 Å². The lowest BCUT2D eigenvalue weighted by atomic mass is 9.46. The minimum Gasteiger partial charge on any atom is -0.411 e. The second kappa shape index (κ2) is 5.33. The Hall–Kier alpha value is -1.09. The summed E-state index contributed by atoms with van der Waals surface area (Å²) in [6.45, 7) is 3.45. The molecular formula is C25H33NO2. The predicted molar refractivity (Wildman–Crippen MR) is 108 cm³/mol. The third-order valence-corrected chi connectivity index (χ3v) is 10.5. The average Bonchev–Trinajstić information content (AvgIpc) is 3.64. The number of nitrogens with zero attached hydrogens (tertiary/aromatic N) is 1. The Balaban J connectivity index is 1.32. The first-order chi connectivity index (χ1) is 13.7. The third-order valence-electron chi connectivity index (χ3n) is 10.5. The van der Waals surface area contributed by atoms with E-state index in [1.54, 1.807) is 5.57 Å². The van der Waals surface area contributed by atoms with E-state index >= 15 is 0 Å². The van der Waals surface area contributed by atoms with Crippen molar-refractivity contribution < 1.29 is 9.94 Å². The summed E-state index contributed by atoms with van der Waals surface area (Å²) >= 11 is 0. The molecule has 6 aliphatic carbocycles. The first-order valence-corrected chi connectivity index (χ1v) is 11.9. The van der Waals surface area contributed by atoms with Crippen LogP contribution in [0.15, 0.2) is 29.0 Å². The molecule has 1 heterocycles. The Bertz CT molecular complexity index is 809. The molecule has 0 aromatic carbocycles. The first kappa shape index (κ1) is 16.7. The van der Waals surface area contributed by atoms with Crippen molar-refractivity contribution >= 4 is 5.71 Å². The van der Waals surface area contributed by atoms with Crippen LogP contribution < -0.4 is 0 Å². The molecule has 1 spiro atoms. The van der Waals surface area contributed by atoms with Gasteiger partial charge in [0, 0.05) is 5.41 Å². The second-order valence-electron chi connectivity index (χ2n) is 11.4. The van der Waals surface area contributed by atoms with Crippen LogP contribution in [0.5, 0.6) is 0 Å². The maximum absolute atomic E-state index is 9.34. The van der Waals surface area contributed by atoms with Crippen LogP contribution >= 0.6 is 0 Å². The van der Waals surface area contributed by atoms with Gasteiger partial charge in [-0.3, -0.25) is 0 Å². The predicted octanol–water partition coefficient (Wildman–Crippen LogP) is 5.21. The van der Waals surface area contributed by atoms with Gasteiger partial charge in [0.15, 0.2) is 0 Å². The Morgan fingerprint density at radius 3 is 2.79 bits per heavy atom. The summed E-state index contributed by atoms with van der Waals surface area (Å²) in [5, 5.41) is 12.9. The molecule has 9 atom stereocenters. The summed E-state index contributed by atoms with van der Waals surface area (Å²) in [6.07, 6.45) is 17.6. The topological polar surface area (TPSA) is 41.8 Å². The number of fused-ring (bicyclic) bond motifs is 9. The van der Waals surface area contributed by atoms with Crippen molar-refractivity contribution in [3.05, 3.63) is 23.8 Å². The highest BCUT2D eigenvalue weighted by molar-refractivity contribution is 5.96. The van der Waals surface area contributed by atoms with E-state index in [2.05, 4.69) is 30.3 Å². The van der Waals surface area contributed by atoms with Crippen molar-refractivity contribution in [2.24, 2.45) is 57.9 Å². The monoisotopic (exact) mass is 379 g/mol. The lowest BCUT2D eigenvalue weighted by Crippen LogP contribution is -2.56. The van der Waals surface area contributed by atoms with Crippen LogP contribution in [-0.2, 0) is 4.74 Å². The summed E-state index contributed by atoms with van der Waals surface area (Å²) in [6, 6.07) is 0. The number of hydrogen-bond acceptors (Lipinski definition) is 3. The molecule has 3 nitrogen and oxygen atoms in total. The quantitative estimate of drug-likeness (QED) is 0.386. The summed E-state index contributed by atoms with van der Waals surface area (Å²) in [7, 11) is 0. The molecule has 0 bridgehead atoms. The normalized spacial score (nSPS) is 57.5. The van der Waals surface area contributed by atoms with Crippen LogP contribution in [0.1, 0.15) is 58.3 Å². The van der Waals surface area contributed by atoms with Gasteiger partial charge in [0.2, 0.25) is 0 Å². The number of oxime groups is 1. The van der Waals surface area contributed by atoms with Crippen LogP contribution in [-0.4, -0.2) is 23.1 Å². The van der Waals surface area contributed by atoms with Crippen LogP contribution in [0.2, 0.25) is 0 Å². The molecule has 0 amide bonds. The Morgan fingerprint density at radius 2 is 2.04 bits per heavy atom. The summed E-state index contributed by atoms with van der Waals surface area (Å²) in [4.78, 5) is 0. The van der Waals surface area contributed by atoms with E-state index < -0.39 is 0 Å². The molecule has 1 N–H and O–H groups in total. The van der Waals surface area contributed by atoms with E-state index in [0.717, 1.165) is 66.1 Å². The third kappa shape index (κ3) is 1.89. The Kier molecular flexibility index (Phi) is 3.18. The highest BCUT2D eigenvalue weighted by Gasteiger charge is 2.77. The van der Waals surface area contributed by atoms with Crippen LogP contribution in [0.25, 0.3) is 0 Å². The summed E-state index contributed by atoms with van der Waals surface area (Å²) in [5.74, 6) is 6.96. The van der Waals surface area contributed by atoms with Crippen LogP contribution in [0, 0.1) is 52.8 Å². The average molecular weight is 380 g/mol. The molecule has 3 heteroatoms. The Labute approximate surface area is 168 Å². The van der Waals surface area contributed by atoms with E-state index in [-0.39, 0.29) is 5.60 Å². The standard InChI is InChI=1S/C25H33NO2/c1-24-9-7-18-17-6-5-16(26-27)11-15(17)12-19(14-3-4-14)22(18)23(24)20-13-21(20)25(24)8-2-10-28-25/h2,8,11,14,17-23,27H,3-7,9-10,12-13H2,1H3/t17-,18?,19?,20?,21?,22?,23?,24-,25-/m0/s1. The van der Waals surface area contributed by atoms with Crippen molar-refractivity contribution in [2.75, 3.05) is 6.61 Å². The molecule has 150 valence electrons. The van der Waals surface area contributed by atoms with E-state index in [1.165, 1.54) is 44.9 Å². The van der Waals surface area contributed by atoms with Gasteiger partial charge in [-0.05, 0) is 105 Å². The number of ether oxygens (including phenoxy) is 1. The number of rotatable bonds is 1. The maximum atomic E-state index is 9.34. The van der Waals surface area contributed by atoms with E-state index in [9.17, 15) is 5.21 Å². The Morgan fingerprint density at radius 1 is 1.14 bits per heavy atom. The minimum atomic E-state index is 0.0702. The highest BCUT2D eigenvalue weighted by Crippen LogP contribution is 2.78. The fraction of sp³-hybridized carbons (Fsp3) is 0.800. The fourth-order valence-electron chi connectivity index (χ4n) is 9.43. The molecule has 7 aliphatic rings. The van der Waals surface area contributed by atoms with E-state index in [0.29, 0.717) is 5.41 Å². The number of hydrogen-bond donors (Lipinski definition) is 1. The lowest BCUT2D eigenvalue weighted by molar-refractivity contribution is -0.142. The first-order valence-electron chi connectivity index (χ1n) is 11.9. The minimum absolute atomic E-state index is 0.0702. The highest BCUT2D eigenvalue weighted by atomic mass is 16.5. The van der Waals surface area contributed by atoms with Crippen molar-refractivity contribution in [3.63, 3.8) is 0 Å². The maximum Gasteiger partial charge on any atom is 0.0954 e. The molecule has 0 radical (unpaired) electrons. The van der Waals surface area contributed by atoms with Gasteiger partial charge in [0.1, 0.15) is 0 Å². The van der Waals surface area contributed by atoms with Gasteiger partial charge in [0.05, 0.1) is 17.9 Å². The van der Waals surface area contributed by atoms with Crippen molar-refractivity contribution in [1.29, 1.82) is 0 Å². The fourth-order valence-corrected chi connectivity index (χ4v) is 9.43. The molecule has 0 aromatic heterocycles. The van der Waals surface area contributed by atoms with Gasteiger partial charge in [-0.15, -0.1) is 0 Å². The van der Waals surface area contributed by atoms with Gasteiger partial charge < -0.3 is 9.94 Å². The molecule has 5 saturated carbocycles. The zero-order chi connectivity index (χ0) is 18.7. The molecule has 7 rings (SSSR count). The van der Waals surface area contributed by atoms with Gasteiger partial charge >= 0.3 is 0 Å². The van der Waals surface area contributed by atoms with Crippen molar-refractivity contribution in [3.8, 4) is 0 Å². The molecule has 1 aliphatic heterocycles. The summed E-state index contributed by atoms with van der Waals surface area (Å²) in [5.41, 5.74) is 2.99. The van der Waals surface area contributed by atoms with E-state index in [1.807, 2.05) is 0 Å². The second-order valence-corrected chi connectivity index (χ2v) is 11.4. The van der Waals surface area contributed by atoms with Gasteiger partial charge in [-0.2, -0.15) is 0 Å². The molecular weight excluding hydrogens is 346 g/mol. The SMILES string of the molecule is C[C@]12CCC3C(C(C4CC4)CC4=CC(=NO)CC[C@@H]43)C1C1CC1[C@@]21C=CCO1. The zero-order valence-electron chi connectivity index (χ0n) is 17.0. The summed E-state index contributed by atoms with van der Waals surface area (Å²) < 4.78 is 6.59. The lowest BCUT2D eigenvalue weighted by Gasteiger charge is -2.59. The molecule has 5 fully saturated rings. The van der Waals surface area contributed by atoms with Gasteiger partial charge in [-0.25, -0.2) is 0 Å². The molecule has 0 saturated heterocycles. The molecule has 28 heavy (non-hydrogen) atoms. The van der Waals surface area contributed by atoms with Crippen molar-refractivity contribution in [1.82, 2.24) is 0 Å². The van der Waals surface area contributed by atoms with Crippen LogP contribution in [0.3, 0.4) is 0 Å². The van der Waals surface area contributed by atoms with Gasteiger partial charge in [-0.1, -0.05) is 29.8 Å². The molecule has 0 aromatic rings. The van der Waals surface area contributed by atoms with Crippen molar-refractivity contribution in [2.45, 2.75) is 63.9 Å². The molecule has 6 unspecified atom stereocenters.